The van der Waals surface area contributed by atoms with Crippen LogP contribution in [0.4, 0.5) is 0 Å². The summed E-state index contributed by atoms with van der Waals surface area (Å²) in [5.41, 5.74) is 7.98. The molecule has 0 heterocycles. The van der Waals surface area contributed by atoms with Gasteiger partial charge in [0.1, 0.15) is 0 Å². The molecule has 1 rings (SSSR count). The molecule has 0 bridgehead atoms. The van der Waals surface area contributed by atoms with Crippen LogP contribution in [0, 0.1) is 6.92 Å². The van der Waals surface area contributed by atoms with E-state index in [1.807, 2.05) is 19.1 Å². The van der Waals surface area contributed by atoms with Crippen LogP contribution in [0.15, 0.2) is 24.3 Å². The van der Waals surface area contributed by atoms with Gasteiger partial charge in [0, 0.05) is 13.0 Å². The molecule has 0 aromatic heterocycles. The lowest BCUT2D eigenvalue weighted by Crippen LogP contribution is -2.38. The van der Waals surface area contributed by atoms with Gasteiger partial charge in [-0.25, -0.2) is 0 Å². The van der Waals surface area contributed by atoms with E-state index in [0.717, 1.165) is 12.8 Å². The van der Waals surface area contributed by atoms with Crippen molar-refractivity contribution in [3.63, 3.8) is 0 Å². The van der Waals surface area contributed by atoms with Crippen LogP contribution in [0.2, 0.25) is 0 Å². The van der Waals surface area contributed by atoms with E-state index < -0.39 is 0 Å². The highest BCUT2D eigenvalue weighted by molar-refractivity contribution is 7.80. The summed E-state index contributed by atoms with van der Waals surface area (Å²) in [6.07, 6.45) is 2.19. The molecule has 2 N–H and O–H groups in total. The second-order valence-electron chi connectivity index (χ2n) is 4.71. The molecule has 4 heteroatoms. The Morgan fingerprint density at radius 2 is 2.05 bits per heavy atom. The van der Waals surface area contributed by atoms with Crippen molar-refractivity contribution < 1.29 is 4.79 Å². The molecule has 1 amide bonds. The molecule has 0 atom stereocenters. The highest BCUT2D eigenvalue weighted by Crippen LogP contribution is 2.10. The lowest BCUT2D eigenvalue weighted by atomic mass is 10.0. The summed E-state index contributed by atoms with van der Waals surface area (Å²) < 4.78 is 0. The summed E-state index contributed by atoms with van der Waals surface area (Å²) in [6, 6.07) is 8.15. The molecule has 0 saturated heterocycles. The predicted molar refractivity (Wildman–Crippen MR) is 83.2 cm³/mol. The van der Waals surface area contributed by atoms with Crippen LogP contribution in [0.3, 0.4) is 0 Å². The van der Waals surface area contributed by atoms with Gasteiger partial charge in [-0.2, -0.15) is 0 Å². The third-order valence-corrected chi connectivity index (χ3v) is 3.19. The molecule has 0 unspecified atom stereocenters. The largest absolute Gasteiger partial charge is 0.392 e. The molecule has 3 nitrogen and oxygen atoms in total. The number of carbonyl (C=O) groups excluding carboxylic acids is 1. The van der Waals surface area contributed by atoms with E-state index in [2.05, 4.69) is 19.1 Å². The van der Waals surface area contributed by atoms with Crippen LogP contribution >= 0.6 is 12.2 Å². The molecular weight excluding hydrogens is 256 g/mol. The Kier molecular flexibility index (Phi) is 6.50. The van der Waals surface area contributed by atoms with Crippen LogP contribution in [0.25, 0.3) is 0 Å². The highest BCUT2D eigenvalue weighted by Gasteiger charge is 2.13. The zero-order chi connectivity index (χ0) is 14.3. The van der Waals surface area contributed by atoms with Gasteiger partial charge in [0.2, 0.25) is 5.91 Å². The number of aryl methyl sites for hydroxylation is 2. The van der Waals surface area contributed by atoms with E-state index in [9.17, 15) is 4.79 Å². The molecule has 104 valence electrons. The van der Waals surface area contributed by atoms with E-state index in [1.165, 1.54) is 11.1 Å². The summed E-state index contributed by atoms with van der Waals surface area (Å²) in [7, 11) is 0. The van der Waals surface area contributed by atoms with E-state index in [4.69, 9.17) is 18.0 Å². The maximum absolute atomic E-state index is 12.2. The number of amides is 1. The molecule has 0 aliphatic carbocycles. The number of carbonyl (C=O) groups is 1. The first kappa shape index (κ1) is 15.6. The van der Waals surface area contributed by atoms with Crippen LogP contribution in [-0.2, 0) is 11.2 Å². The summed E-state index contributed by atoms with van der Waals surface area (Å²) in [4.78, 5) is 14.3. The third kappa shape index (κ3) is 5.39. The number of nitrogens with two attached hydrogens (primary N) is 1. The van der Waals surface area contributed by atoms with Crippen molar-refractivity contribution in [2.24, 2.45) is 5.73 Å². The molecular formula is C15H22N2OS. The van der Waals surface area contributed by atoms with Crippen molar-refractivity contribution in [3.05, 3.63) is 35.4 Å². The summed E-state index contributed by atoms with van der Waals surface area (Å²) >= 11 is 4.89. The number of rotatable bonds is 7. The van der Waals surface area contributed by atoms with E-state index in [-0.39, 0.29) is 5.91 Å². The smallest absolute Gasteiger partial charge is 0.223 e. The zero-order valence-corrected chi connectivity index (χ0v) is 12.5. The molecule has 19 heavy (non-hydrogen) atoms. The topological polar surface area (TPSA) is 46.3 Å². The van der Waals surface area contributed by atoms with Gasteiger partial charge < -0.3 is 10.6 Å². The van der Waals surface area contributed by atoms with Crippen LogP contribution in [0.5, 0.6) is 0 Å². The molecule has 0 aliphatic rings. The van der Waals surface area contributed by atoms with E-state index in [1.54, 1.807) is 4.90 Å². The van der Waals surface area contributed by atoms with Gasteiger partial charge in [0.05, 0.1) is 11.5 Å². The Morgan fingerprint density at radius 3 is 2.63 bits per heavy atom. The second-order valence-corrected chi connectivity index (χ2v) is 5.23. The fraction of sp³-hybridized carbons (Fsp3) is 0.467. The summed E-state index contributed by atoms with van der Waals surface area (Å²) in [5, 5.41) is 0. The first-order chi connectivity index (χ1) is 9.04. The normalized spacial score (nSPS) is 10.2. The van der Waals surface area contributed by atoms with Crippen molar-refractivity contribution in [2.75, 3.05) is 13.1 Å². The Bertz CT molecular complexity index is 446. The zero-order valence-electron chi connectivity index (χ0n) is 11.7. The van der Waals surface area contributed by atoms with Crippen molar-refractivity contribution in [1.82, 2.24) is 4.90 Å². The van der Waals surface area contributed by atoms with Crippen molar-refractivity contribution in [1.29, 1.82) is 0 Å². The van der Waals surface area contributed by atoms with Crippen molar-refractivity contribution in [2.45, 2.75) is 33.1 Å². The maximum atomic E-state index is 12.2. The van der Waals surface area contributed by atoms with Crippen molar-refractivity contribution >= 4 is 23.1 Å². The lowest BCUT2D eigenvalue weighted by Gasteiger charge is -2.21. The number of nitrogens with zero attached hydrogens (tertiary/aromatic N) is 1. The van der Waals surface area contributed by atoms with E-state index in [0.29, 0.717) is 24.5 Å². The predicted octanol–water partition coefficient (Wildman–Crippen LogP) is 2.45. The van der Waals surface area contributed by atoms with Gasteiger partial charge in [-0.05, 0) is 30.9 Å². The van der Waals surface area contributed by atoms with Gasteiger partial charge >= 0.3 is 0 Å². The van der Waals surface area contributed by atoms with Gasteiger partial charge in [-0.1, -0.05) is 43.4 Å². The SMILES string of the molecule is CCCN(CC(N)=S)C(=O)CCc1ccccc1C. The molecule has 0 saturated carbocycles. The monoisotopic (exact) mass is 278 g/mol. The van der Waals surface area contributed by atoms with Gasteiger partial charge in [-0.3, -0.25) is 4.79 Å². The maximum Gasteiger partial charge on any atom is 0.223 e. The molecule has 0 radical (unpaired) electrons. The van der Waals surface area contributed by atoms with E-state index >= 15 is 0 Å². The standard InChI is InChI=1S/C15H22N2OS/c1-3-10-17(11-14(16)19)15(18)9-8-13-7-5-4-6-12(13)2/h4-7H,3,8-11H2,1-2H3,(H2,16,19). The summed E-state index contributed by atoms with van der Waals surface area (Å²) in [6.45, 7) is 5.21. The average Bonchev–Trinajstić information content (AvgIpc) is 2.36. The number of benzene rings is 1. The fourth-order valence-electron chi connectivity index (χ4n) is 2.04. The van der Waals surface area contributed by atoms with Gasteiger partial charge in [0.25, 0.3) is 0 Å². The third-order valence-electron chi connectivity index (χ3n) is 3.06. The Labute approximate surface area is 120 Å². The van der Waals surface area contributed by atoms with Crippen LogP contribution in [-0.4, -0.2) is 28.9 Å². The van der Waals surface area contributed by atoms with Gasteiger partial charge in [0.15, 0.2) is 0 Å². The fourth-order valence-corrected chi connectivity index (χ4v) is 2.20. The van der Waals surface area contributed by atoms with Crippen molar-refractivity contribution in [3.8, 4) is 0 Å². The molecule has 0 aliphatic heterocycles. The Balaban J connectivity index is 2.57. The minimum Gasteiger partial charge on any atom is -0.392 e. The quantitative estimate of drug-likeness (QED) is 0.779. The summed E-state index contributed by atoms with van der Waals surface area (Å²) in [5.74, 6) is 0.123. The number of thiocarbonyl (C=S) groups is 1. The molecule has 0 spiro atoms. The molecule has 1 aromatic carbocycles. The number of hydrogen-bond donors (Lipinski definition) is 1. The van der Waals surface area contributed by atoms with Crippen LogP contribution < -0.4 is 5.73 Å². The number of hydrogen-bond acceptors (Lipinski definition) is 2. The molecule has 1 aromatic rings. The average molecular weight is 278 g/mol. The first-order valence-electron chi connectivity index (χ1n) is 6.65. The van der Waals surface area contributed by atoms with Gasteiger partial charge in [-0.15, -0.1) is 0 Å². The van der Waals surface area contributed by atoms with Crippen LogP contribution in [0.1, 0.15) is 30.9 Å². The minimum absolute atomic E-state index is 0.123. The second kappa shape index (κ2) is 7.89. The Morgan fingerprint density at radius 1 is 1.37 bits per heavy atom. The first-order valence-corrected chi connectivity index (χ1v) is 7.06. The minimum atomic E-state index is 0.123. The molecule has 0 fully saturated rings. The Hall–Kier alpha value is -1.42. The highest BCUT2D eigenvalue weighted by atomic mass is 32.1. The lowest BCUT2D eigenvalue weighted by molar-refractivity contribution is -0.130.